The molecule has 2 heterocycles. The lowest BCUT2D eigenvalue weighted by atomic mass is 10.1. The van der Waals surface area contributed by atoms with Gasteiger partial charge in [0.15, 0.2) is 5.69 Å². The predicted octanol–water partition coefficient (Wildman–Crippen LogP) is 6.78. The average Bonchev–Trinajstić information content (AvgIpc) is 2.94. The maximum absolute atomic E-state index is 13.9. The lowest BCUT2D eigenvalue weighted by molar-refractivity contribution is 0.0981. The minimum atomic E-state index is -0.320. The lowest BCUT2D eigenvalue weighted by Crippen LogP contribution is -2.32. The van der Waals surface area contributed by atoms with Crippen LogP contribution in [-0.2, 0) is 13.0 Å². The van der Waals surface area contributed by atoms with Gasteiger partial charge in [0.2, 0.25) is 0 Å². The van der Waals surface area contributed by atoms with Crippen LogP contribution < -0.4 is 4.90 Å². The van der Waals surface area contributed by atoms with Gasteiger partial charge in [-0.3, -0.25) is 4.79 Å². The number of amides is 1. The van der Waals surface area contributed by atoms with Crippen LogP contribution in [0.2, 0.25) is 10.0 Å². The SMILES string of the molecule is CCCN(C(=O)c1nc(-c2cccc(F)c2)n2c1CCCCC2)c1ccc(Cl)c(Cl)c1. The summed E-state index contributed by atoms with van der Waals surface area (Å²) < 4.78 is 16.0. The Labute approximate surface area is 191 Å². The molecule has 1 aromatic heterocycles. The molecule has 2 aromatic carbocycles. The van der Waals surface area contributed by atoms with Gasteiger partial charge in [-0.05, 0) is 56.0 Å². The molecule has 4 rings (SSSR count). The number of nitrogens with zero attached hydrogens (tertiary/aromatic N) is 3. The van der Waals surface area contributed by atoms with E-state index in [2.05, 4.69) is 4.57 Å². The standard InChI is InChI=1S/C24H24Cl2FN3O/c1-2-12-29(18-10-11-19(25)20(26)15-18)24(31)22-21-9-4-3-5-13-30(21)23(28-22)16-7-6-8-17(27)14-16/h6-8,10-11,14-15H,2-5,9,12-13H2,1H3. The second-order valence-electron chi connectivity index (χ2n) is 7.76. The molecule has 0 atom stereocenters. The van der Waals surface area contributed by atoms with Crippen molar-refractivity contribution in [2.24, 2.45) is 0 Å². The molecule has 0 bridgehead atoms. The van der Waals surface area contributed by atoms with Crippen molar-refractivity contribution < 1.29 is 9.18 Å². The van der Waals surface area contributed by atoms with Crippen molar-refractivity contribution in [1.29, 1.82) is 0 Å². The monoisotopic (exact) mass is 459 g/mol. The van der Waals surface area contributed by atoms with Gasteiger partial charge in [0.1, 0.15) is 11.6 Å². The third kappa shape index (κ3) is 4.48. The first kappa shape index (κ1) is 21.8. The van der Waals surface area contributed by atoms with Crippen molar-refractivity contribution in [1.82, 2.24) is 9.55 Å². The fourth-order valence-electron chi connectivity index (χ4n) is 4.09. The van der Waals surface area contributed by atoms with Crippen LogP contribution in [-0.4, -0.2) is 22.0 Å². The van der Waals surface area contributed by atoms with Crippen LogP contribution in [0.4, 0.5) is 10.1 Å². The van der Waals surface area contributed by atoms with Gasteiger partial charge in [0.25, 0.3) is 5.91 Å². The highest BCUT2D eigenvalue weighted by atomic mass is 35.5. The molecule has 0 unspecified atom stereocenters. The molecule has 0 aliphatic carbocycles. The number of halogens is 3. The Kier molecular flexibility index (Phi) is 6.63. The molecule has 0 saturated heterocycles. The number of rotatable bonds is 5. The van der Waals surface area contributed by atoms with Crippen molar-refractivity contribution >= 4 is 34.8 Å². The molecular formula is C24H24Cl2FN3O. The molecular weight excluding hydrogens is 436 g/mol. The lowest BCUT2D eigenvalue weighted by Gasteiger charge is -2.22. The van der Waals surface area contributed by atoms with E-state index in [4.69, 9.17) is 28.2 Å². The van der Waals surface area contributed by atoms with Gasteiger partial charge in [-0.15, -0.1) is 0 Å². The summed E-state index contributed by atoms with van der Waals surface area (Å²) >= 11 is 12.3. The zero-order valence-electron chi connectivity index (χ0n) is 17.4. The summed E-state index contributed by atoms with van der Waals surface area (Å²) in [5.41, 5.74) is 2.71. The predicted molar refractivity (Wildman–Crippen MR) is 124 cm³/mol. The summed E-state index contributed by atoms with van der Waals surface area (Å²) in [6.07, 6.45) is 4.63. The Morgan fingerprint density at radius 1 is 1.13 bits per heavy atom. The zero-order valence-corrected chi connectivity index (χ0v) is 18.9. The summed E-state index contributed by atoms with van der Waals surface area (Å²) in [6, 6.07) is 11.6. The van der Waals surface area contributed by atoms with Crippen LogP contribution in [0.1, 0.15) is 48.8 Å². The molecule has 7 heteroatoms. The first-order valence-corrected chi connectivity index (χ1v) is 11.4. The van der Waals surface area contributed by atoms with E-state index >= 15 is 0 Å². The number of carbonyl (C=O) groups is 1. The molecule has 31 heavy (non-hydrogen) atoms. The van der Waals surface area contributed by atoms with E-state index in [0.717, 1.165) is 44.3 Å². The third-order valence-electron chi connectivity index (χ3n) is 5.56. The second kappa shape index (κ2) is 9.41. The normalized spacial score (nSPS) is 13.5. The van der Waals surface area contributed by atoms with Crippen molar-refractivity contribution in [3.05, 3.63) is 69.7 Å². The minimum Gasteiger partial charge on any atom is -0.327 e. The molecule has 0 N–H and O–H groups in total. The number of carbonyl (C=O) groups excluding carboxylic acids is 1. The Hall–Kier alpha value is -2.37. The summed E-state index contributed by atoms with van der Waals surface area (Å²) in [5.74, 6) is 0.152. The van der Waals surface area contributed by atoms with E-state index in [1.54, 1.807) is 29.2 Å². The number of imidazole rings is 1. The third-order valence-corrected chi connectivity index (χ3v) is 6.30. The van der Waals surface area contributed by atoms with E-state index in [1.807, 2.05) is 13.0 Å². The summed E-state index contributed by atoms with van der Waals surface area (Å²) in [5, 5.41) is 0.843. The van der Waals surface area contributed by atoms with Crippen molar-refractivity contribution in [2.75, 3.05) is 11.4 Å². The summed E-state index contributed by atoms with van der Waals surface area (Å²) in [4.78, 5) is 20.2. The largest absolute Gasteiger partial charge is 0.327 e. The number of hydrogen-bond donors (Lipinski definition) is 0. The van der Waals surface area contributed by atoms with Crippen LogP contribution >= 0.6 is 23.2 Å². The van der Waals surface area contributed by atoms with Gasteiger partial charge in [-0.25, -0.2) is 9.37 Å². The zero-order chi connectivity index (χ0) is 22.0. The fraction of sp³-hybridized carbons (Fsp3) is 0.333. The van der Waals surface area contributed by atoms with Gasteiger partial charge in [-0.2, -0.15) is 0 Å². The molecule has 1 aliphatic heterocycles. The van der Waals surface area contributed by atoms with Gasteiger partial charge in [0, 0.05) is 24.3 Å². The highest BCUT2D eigenvalue weighted by Crippen LogP contribution is 2.31. The minimum absolute atomic E-state index is 0.173. The number of hydrogen-bond acceptors (Lipinski definition) is 2. The molecule has 3 aromatic rings. The number of anilines is 1. The number of benzene rings is 2. The fourth-order valence-corrected chi connectivity index (χ4v) is 4.38. The second-order valence-corrected chi connectivity index (χ2v) is 8.57. The van der Waals surface area contributed by atoms with E-state index in [0.29, 0.717) is 39.4 Å². The van der Waals surface area contributed by atoms with Crippen LogP contribution in [0.15, 0.2) is 42.5 Å². The summed E-state index contributed by atoms with van der Waals surface area (Å²) in [6.45, 7) is 3.31. The van der Waals surface area contributed by atoms with Gasteiger partial charge < -0.3 is 9.47 Å². The molecule has 4 nitrogen and oxygen atoms in total. The maximum Gasteiger partial charge on any atom is 0.278 e. The van der Waals surface area contributed by atoms with Gasteiger partial charge in [0.05, 0.1) is 15.7 Å². The first-order valence-electron chi connectivity index (χ1n) is 10.6. The Bertz CT molecular complexity index is 1110. The summed E-state index contributed by atoms with van der Waals surface area (Å²) in [7, 11) is 0. The van der Waals surface area contributed by atoms with Gasteiger partial charge in [-0.1, -0.05) is 48.7 Å². The molecule has 0 spiro atoms. The smallest absolute Gasteiger partial charge is 0.278 e. The Balaban J connectivity index is 1.81. The van der Waals surface area contributed by atoms with E-state index in [9.17, 15) is 9.18 Å². The first-order chi connectivity index (χ1) is 15.0. The van der Waals surface area contributed by atoms with Crippen molar-refractivity contribution in [3.63, 3.8) is 0 Å². The topological polar surface area (TPSA) is 38.1 Å². The molecule has 1 aliphatic rings. The maximum atomic E-state index is 13.9. The quantitative estimate of drug-likeness (QED) is 0.421. The number of aromatic nitrogens is 2. The molecule has 0 radical (unpaired) electrons. The molecule has 162 valence electrons. The average molecular weight is 460 g/mol. The Morgan fingerprint density at radius 3 is 2.71 bits per heavy atom. The van der Waals surface area contributed by atoms with Crippen molar-refractivity contribution in [2.45, 2.75) is 45.6 Å². The van der Waals surface area contributed by atoms with E-state index in [-0.39, 0.29) is 11.7 Å². The Morgan fingerprint density at radius 2 is 1.97 bits per heavy atom. The highest BCUT2D eigenvalue weighted by Gasteiger charge is 2.28. The van der Waals surface area contributed by atoms with Crippen LogP contribution in [0.5, 0.6) is 0 Å². The highest BCUT2D eigenvalue weighted by molar-refractivity contribution is 6.42. The van der Waals surface area contributed by atoms with Crippen LogP contribution in [0.25, 0.3) is 11.4 Å². The number of fused-ring (bicyclic) bond motifs is 1. The van der Waals surface area contributed by atoms with Crippen LogP contribution in [0.3, 0.4) is 0 Å². The van der Waals surface area contributed by atoms with E-state index < -0.39 is 0 Å². The molecule has 0 fully saturated rings. The molecule has 1 amide bonds. The van der Waals surface area contributed by atoms with Gasteiger partial charge >= 0.3 is 0 Å². The van der Waals surface area contributed by atoms with Crippen LogP contribution in [0, 0.1) is 5.82 Å². The molecule has 0 saturated carbocycles. The van der Waals surface area contributed by atoms with E-state index in [1.165, 1.54) is 12.1 Å². The van der Waals surface area contributed by atoms with Crippen molar-refractivity contribution in [3.8, 4) is 11.4 Å².